The van der Waals surface area contributed by atoms with Crippen LogP contribution in [0.15, 0.2) is 18.2 Å². The van der Waals surface area contributed by atoms with Crippen molar-refractivity contribution in [2.75, 3.05) is 5.32 Å². The van der Waals surface area contributed by atoms with Gasteiger partial charge in [0.25, 0.3) is 0 Å². The highest BCUT2D eigenvalue weighted by atomic mass is 35.5. The summed E-state index contributed by atoms with van der Waals surface area (Å²) in [5.41, 5.74) is 0.850. The Hall–Kier alpha value is -0.760. The summed E-state index contributed by atoms with van der Waals surface area (Å²) in [6, 6.07) is 5.31. The Kier molecular flexibility index (Phi) is 2.77. The minimum absolute atomic E-state index is 0.251. The second-order valence-electron chi connectivity index (χ2n) is 6.76. The number of nitrogens with one attached hydrogen (secondary N) is 1. The lowest BCUT2D eigenvalue weighted by Gasteiger charge is -2.54. The van der Waals surface area contributed by atoms with Gasteiger partial charge >= 0.3 is 0 Å². The van der Waals surface area contributed by atoms with E-state index in [-0.39, 0.29) is 5.82 Å². The van der Waals surface area contributed by atoms with Crippen molar-refractivity contribution in [2.45, 2.75) is 38.1 Å². The molecule has 4 bridgehead atoms. The molecule has 19 heavy (non-hydrogen) atoms. The van der Waals surface area contributed by atoms with Gasteiger partial charge in [-0.05, 0) is 74.0 Å². The van der Waals surface area contributed by atoms with E-state index in [0.717, 1.165) is 29.4 Å². The van der Waals surface area contributed by atoms with E-state index in [1.165, 1.54) is 38.2 Å². The van der Waals surface area contributed by atoms with E-state index in [4.69, 9.17) is 11.6 Å². The molecule has 0 aromatic heterocycles. The fourth-order valence-electron chi connectivity index (χ4n) is 4.99. The molecule has 1 nitrogen and oxygen atoms in total. The average Bonchev–Trinajstić information content (AvgIpc) is 2.31. The van der Waals surface area contributed by atoms with E-state index in [1.807, 2.05) is 6.07 Å². The Bertz CT molecular complexity index is 453. The van der Waals surface area contributed by atoms with Crippen LogP contribution in [0.3, 0.4) is 0 Å². The number of anilines is 1. The Labute approximate surface area is 118 Å². The molecule has 3 heteroatoms. The van der Waals surface area contributed by atoms with Crippen LogP contribution < -0.4 is 5.32 Å². The zero-order chi connectivity index (χ0) is 13.0. The highest BCUT2D eigenvalue weighted by molar-refractivity contribution is 6.30. The first-order valence-corrected chi connectivity index (χ1v) is 7.78. The zero-order valence-electron chi connectivity index (χ0n) is 10.9. The van der Waals surface area contributed by atoms with E-state index >= 15 is 0 Å². The van der Waals surface area contributed by atoms with Gasteiger partial charge in [-0.1, -0.05) is 11.6 Å². The monoisotopic (exact) mass is 279 g/mol. The minimum atomic E-state index is -0.251. The molecule has 1 N–H and O–H groups in total. The van der Waals surface area contributed by atoms with Crippen LogP contribution in [0.25, 0.3) is 0 Å². The van der Waals surface area contributed by atoms with Crippen LogP contribution in [-0.2, 0) is 0 Å². The van der Waals surface area contributed by atoms with Crippen LogP contribution in [0.2, 0.25) is 5.02 Å². The van der Waals surface area contributed by atoms with Gasteiger partial charge in [0, 0.05) is 16.8 Å². The highest BCUT2D eigenvalue weighted by Crippen LogP contribution is 2.54. The van der Waals surface area contributed by atoms with Gasteiger partial charge in [0.2, 0.25) is 0 Å². The van der Waals surface area contributed by atoms with Gasteiger partial charge < -0.3 is 5.32 Å². The highest BCUT2D eigenvalue weighted by Gasteiger charge is 2.48. The first kappa shape index (κ1) is 12.0. The van der Waals surface area contributed by atoms with Crippen LogP contribution in [0.5, 0.6) is 0 Å². The molecule has 1 aromatic rings. The van der Waals surface area contributed by atoms with Crippen molar-refractivity contribution >= 4 is 17.3 Å². The molecule has 0 aliphatic heterocycles. The Morgan fingerprint density at radius 1 is 0.947 bits per heavy atom. The molecule has 4 saturated carbocycles. The molecular weight excluding hydrogens is 261 g/mol. The summed E-state index contributed by atoms with van der Waals surface area (Å²) >= 11 is 5.94. The molecule has 5 rings (SSSR count). The SMILES string of the molecule is Fc1cc(Cl)cc(NC2C3CC4CC(C3)CC2C4)c1. The summed E-state index contributed by atoms with van der Waals surface area (Å²) in [6.07, 6.45) is 6.94. The number of halogens is 2. The Morgan fingerprint density at radius 2 is 1.58 bits per heavy atom. The molecule has 1 aromatic carbocycles. The topological polar surface area (TPSA) is 12.0 Å². The second-order valence-corrected chi connectivity index (χ2v) is 7.20. The molecule has 0 unspecified atom stereocenters. The van der Waals surface area contributed by atoms with Crippen molar-refractivity contribution in [3.05, 3.63) is 29.0 Å². The van der Waals surface area contributed by atoms with Gasteiger partial charge in [0.05, 0.1) is 0 Å². The third-order valence-electron chi connectivity index (χ3n) is 5.42. The van der Waals surface area contributed by atoms with Crippen LogP contribution in [0.1, 0.15) is 32.1 Å². The molecule has 4 fully saturated rings. The van der Waals surface area contributed by atoms with Gasteiger partial charge in [-0.2, -0.15) is 0 Å². The van der Waals surface area contributed by atoms with Crippen LogP contribution in [0, 0.1) is 29.5 Å². The summed E-state index contributed by atoms with van der Waals surface area (Å²) in [4.78, 5) is 0. The van der Waals surface area contributed by atoms with Crippen molar-refractivity contribution in [3.63, 3.8) is 0 Å². The first-order chi connectivity index (χ1) is 9.17. The average molecular weight is 280 g/mol. The third kappa shape index (κ3) is 2.14. The summed E-state index contributed by atoms with van der Waals surface area (Å²) < 4.78 is 13.4. The van der Waals surface area contributed by atoms with E-state index in [1.54, 1.807) is 6.07 Å². The lowest BCUT2D eigenvalue weighted by atomic mass is 9.54. The molecule has 4 aliphatic carbocycles. The number of hydrogen-bond donors (Lipinski definition) is 1. The van der Waals surface area contributed by atoms with Crippen molar-refractivity contribution in [3.8, 4) is 0 Å². The fraction of sp³-hybridized carbons (Fsp3) is 0.625. The number of benzene rings is 1. The van der Waals surface area contributed by atoms with Gasteiger partial charge in [-0.15, -0.1) is 0 Å². The van der Waals surface area contributed by atoms with Gasteiger partial charge in [0.15, 0.2) is 0 Å². The smallest absolute Gasteiger partial charge is 0.126 e. The molecule has 0 heterocycles. The van der Waals surface area contributed by atoms with Crippen molar-refractivity contribution in [1.29, 1.82) is 0 Å². The first-order valence-electron chi connectivity index (χ1n) is 7.40. The Morgan fingerprint density at radius 3 is 2.16 bits per heavy atom. The lowest BCUT2D eigenvalue weighted by Crippen LogP contribution is -2.51. The van der Waals surface area contributed by atoms with Crippen LogP contribution in [0.4, 0.5) is 10.1 Å². The molecular formula is C16H19ClFN. The maximum Gasteiger partial charge on any atom is 0.126 e. The number of rotatable bonds is 2. The quantitative estimate of drug-likeness (QED) is 0.826. The molecule has 0 saturated heterocycles. The molecule has 0 spiro atoms. The summed E-state index contributed by atoms with van der Waals surface area (Å²) in [6.45, 7) is 0. The predicted octanol–water partition coefficient (Wildman–Crippen LogP) is 4.72. The zero-order valence-corrected chi connectivity index (χ0v) is 11.7. The third-order valence-corrected chi connectivity index (χ3v) is 5.64. The molecule has 0 atom stereocenters. The lowest BCUT2D eigenvalue weighted by molar-refractivity contribution is 0.00753. The molecule has 102 valence electrons. The van der Waals surface area contributed by atoms with Crippen molar-refractivity contribution in [1.82, 2.24) is 0 Å². The molecule has 0 radical (unpaired) electrons. The predicted molar refractivity (Wildman–Crippen MR) is 75.9 cm³/mol. The fourth-order valence-corrected chi connectivity index (χ4v) is 5.21. The Balaban J connectivity index is 1.56. The van der Waals surface area contributed by atoms with E-state index in [9.17, 15) is 4.39 Å². The van der Waals surface area contributed by atoms with Crippen LogP contribution in [-0.4, -0.2) is 6.04 Å². The van der Waals surface area contributed by atoms with Gasteiger partial charge in [-0.3, -0.25) is 0 Å². The second kappa shape index (κ2) is 4.37. The maximum atomic E-state index is 13.4. The van der Waals surface area contributed by atoms with Gasteiger partial charge in [-0.25, -0.2) is 4.39 Å². The normalized spacial score (nSPS) is 39.6. The maximum absolute atomic E-state index is 13.4. The number of hydrogen-bond acceptors (Lipinski definition) is 1. The van der Waals surface area contributed by atoms with E-state index in [0.29, 0.717) is 11.1 Å². The van der Waals surface area contributed by atoms with E-state index < -0.39 is 0 Å². The standard InChI is InChI=1S/C16H19ClFN/c17-13-6-14(18)8-15(7-13)19-16-11-2-9-1-10(4-11)5-12(16)3-9/h6-12,16,19H,1-5H2. The molecule has 0 amide bonds. The summed E-state index contributed by atoms with van der Waals surface area (Å²) in [5, 5.41) is 4.06. The largest absolute Gasteiger partial charge is 0.382 e. The summed E-state index contributed by atoms with van der Waals surface area (Å²) in [5.74, 6) is 3.27. The van der Waals surface area contributed by atoms with Gasteiger partial charge in [0.1, 0.15) is 5.82 Å². The minimum Gasteiger partial charge on any atom is -0.382 e. The van der Waals surface area contributed by atoms with Crippen LogP contribution >= 0.6 is 11.6 Å². The molecule has 4 aliphatic rings. The van der Waals surface area contributed by atoms with E-state index in [2.05, 4.69) is 5.32 Å². The summed E-state index contributed by atoms with van der Waals surface area (Å²) in [7, 11) is 0. The van der Waals surface area contributed by atoms with Crippen molar-refractivity contribution in [2.24, 2.45) is 23.7 Å². The van der Waals surface area contributed by atoms with Crippen molar-refractivity contribution < 1.29 is 4.39 Å².